The Balaban J connectivity index is 0.000000206. The Labute approximate surface area is 86.8 Å². The third-order valence-electron chi connectivity index (χ3n) is 1.82. The molecule has 0 aliphatic heterocycles. The third kappa shape index (κ3) is 5.66. The van der Waals surface area contributed by atoms with Gasteiger partial charge in [-0.1, -0.05) is 0 Å². The number of hydrogen-bond donors (Lipinski definition) is 0. The van der Waals surface area contributed by atoms with Gasteiger partial charge in [-0.05, 0) is 37.5 Å². The SMILES string of the molecule is O=C([O-])C1CC1.O=C([O-])C1CC1.[Cu+2]. The molecule has 0 atom stereocenters. The molecule has 2 aliphatic rings. The zero-order valence-electron chi connectivity index (χ0n) is 6.92. The molecule has 2 aliphatic carbocycles. The molecule has 2 rings (SSSR count). The maximum Gasteiger partial charge on any atom is 2.00 e. The van der Waals surface area contributed by atoms with Gasteiger partial charge in [-0.25, -0.2) is 0 Å². The standard InChI is InChI=1S/2C4H6O2.Cu/c2*5-4(6)3-1-2-3;/h2*3H,1-2H2,(H,5,6);/q;;+2/p-2. The van der Waals surface area contributed by atoms with Crippen LogP contribution in [-0.2, 0) is 26.7 Å². The van der Waals surface area contributed by atoms with Crippen LogP contribution in [0.15, 0.2) is 0 Å². The molecule has 0 N–H and O–H groups in total. The first-order valence-electron chi connectivity index (χ1n) is 4.03. The summed E-state index contributed by atoms with van der Waals surface area (Å²) in [6, 6.07) is 0. The predicted molar refractivity (Wildman–Crippen MR) is 35.5 cm³/mol. The first kappa shape index (κ1) is 12.5. The molecule has 0 unspecified atom stereocenters. The summed E-state index contributed by atoms with van der Waals surface area (Å²) in [4.78, 5) is 19.3. The molecule has 0 heterocycles. The second-order valence-corrected chi connectivity index (χ2v) is 3.19. The minimum absolute atomic E-state index is 0. The van der Waals surface area contributed by atoms with E-state index in [0.717, 1.165) is 25.7 Å². The number of carbonyl (C=O) groups excluding carboxylic acids is 2. The van der Waals surface area contributed by atoms with Crippen LogP contribution in [0.5, 0.6) is 0 Å². The molecule has 0 aromatic heterocycles. The quantitative estimate of drug-likeness (QED) is 0.532. The summed E-state index contributed by atoms with van der Waals surface area (Å²) in [6.45, 7) is 0. The van der Waals surface area contributed by atoms with Gasteiger partial charge in [0.2, 0.25) is 0 Å². The Kier molecular flexibility index (Phi) is 5.03. The molecule has 13 heavy (non-hydrogen) atoms. The second-order valence-electron chi connectivity index (χ2n) is 3.19. The molecule has 2 fully saturated rings. The molecular weight excluding hydrogens is 224 g/mol. The summed E-state index contributed by atoms with van der Waals surface area (Å²) >= 11 is 0. The van der Waals surface area contributed by atoms with Crippen LogP contribution < -0.4 is 10.2 Å². The molecule has 4 nitrogen and oxygen atoms in total. The van der Waals surface area contributed by atoms with Crippen LogP contribution in [0.2, 0.25) is 0 Å². The van der Waals surface area contributed by atoms with Crippen molar-refractivity contribution in [3.63, 3.8) is 0 Å². The van der Waals surface area contributed by atoms with Crippen molar-refractivity contribution in [2.24, 2.45) is 11.8 Å². The van der Waals surface area contributed by atoms with Gasteiger partial charge in [0.05, 0.1) is 0 Å². The summed E-state index contributed by atoms with van der Waals surface area (Å²) in [6.07, 6.45) is 3.34. The van der Waals surface area contributed by atoms with Crippen molar-refractivity contribution < 1.29 is 36.9 Å². The van der Waals surface area contributed by atoms with Crippen LogP contribution in [0.3, 0.4) is 0 Å². The fourth-order valence-electron chi connectivity index (χ4n) is 0.638. The van der Waals surface area contributed by atoms with Gasteiger partial charge in [-0.15, -0.1) is 0 Å². The zero-order chi connectivity index (χ0) is 9.14. The van der Waals surface area contributed by atoms with Crippen molar-refractivity contribution in [3.05, 3.63) is 0 Å². The van der Waals surface area contributed by atoms with Crippen LogP contribution in [0.4, 0.5) is 0 Å². The Morgan fingerprint density at radius 1 is 0.846 bits per heavy atom. The van der Waals surface area contributed by atoms with Crippen LogP contribution in [-0.4, -0.2) is 11.9 Å². The first-order valence-corrected chi connectivity index (χ1v) is 4.03. The summed E-state index contributed by atoms with van der Waals surface area (Å²) in [5.74, 6) is -1.94. The van der Waals surface area contributed by atoms with E-state index in [9.17, 15) is 19.8 Å². The number of carboxylic acid groups (broad SMARTS) is 2. The Bertz CT molecular complexity index is 174. The molecule has 1 radical (unpaired) electrons. The van der Waals surface area contributed by atoms with E-state index in [1.807, 2.05) is 0 Å². The molecule has 2 saturated carbocycles. The first-order chi connectivity index (χ1) is 5.61. The van der Waals surface area contributed by atoms with Crippen molar-refractivity contribution in [1.29, 1.82) is 0 Å². The van der Waals surface area contributed by atoms with Crippen molar-refractivity contribution in [2.45, 2.75) is 25.7 Å². The number of carbonyl (C=O) groups is 2. The van der Waals surface area contributed by atoms with E-state index >= 15 is 0 Å². The van der Waals surface area contributed by atoms with Crippen LogP contribution in [0.25, 0.3) is 0 Å². The smallest absolute Gasteiger partial charge is 0.550 e. The molecule has 0 aromatic carbocycles. The van der Waals surface area contributed by atoms with Gasteiger partial charge in [0.15, 0.2) is 0 Å². The van der Waals surface area contributed by atoms with Gasteiger partial charge in [-0.2, -0.15) is 0 Å². The van der Waals surface area contributed by atoms with E-state index in [2.05, 4.69) is 0 Å². The average molecular weight is 234 g/mol. The van der Waals surface area contributed by atoms with Crippen molar-refractivity contribution >= 4 is 11.9 Å². The third-order valence-corrected chi connectivity index (χ3v) is 1.82. The minimum atomic E-state index is -0.880. The molecule has 0 aromatic rings. The molecule has 0 amide bonds. The number of aliphatic carboxylic acids is 2. The van der Waals surface area contributed by atoms with Crippen LogP contribution in [0.1, 0.15) is 25.7 Å². The van der Waals surface area contributed by atoms with E-state index in [0.29, 0.717) is 0 Å². The molecule has 77 valence electrons. The topological polar surface area (TPSA) is 80.3 Å². The minimum Gasteiger partial charge on any atom is -0.550 e. The normalized spacial score (nSPS) is 19.1. The van der Waals surface area contributed by atoms with Crippen molar-refractivity contribution in [2.75, 3.05) is 0 Å². The molecule has 0 bridgehead atoms. The Hall–Kier alpha value is -0.541. The largest absolute Gasteiger partial charge is 2.00 e. The maximum absolute atomic E-state index is 9.65. The van der Waals surface area contributed by atoms with E-state index in [4.69, 9.17) is 0 Å². The summed E-state index contributed by atoms with van der Waals surface area (Å²) in [5.41, 5.74) is 0. The molecule has 0 spiro atoms. The van der Waals surface area contributed by atoms with Crippen LogP contribution in [0, 0.1) is 11.8 Å². The second kappa shape index (κ2) is 5.25. The zero-order valence-corrected chi connectivity index (χ0v) is 7.86. The number of rotatable bonds is 2. The molecule has 5 heteroatoms. The summed E-state index contributed by atoms with van der Waals surface area (Å²) in [7, 11) is 0. The molecular formula is C8H10CuO4. The number of hydrogen-bond acceptors (Lipinski definition) is 4. The van der Waals surface area contributed by atoms with E-state index in [1.165, 1.54) is 0 Å². The fourth-order valence-corrected chi connectivity index (χ4v) is 0.638. The van der Waals surface area contributed by atoms with Crippen molar-refractivity contribution in [3.8, 4) is 0 Å². The average Bonchev–Trinajstić information content (AvgIpc) is 2.85. The van der Waals surface area contributed by atoms with Gasteiger partial charge < -0.3 is 19.8 Å². The van der Waals surface area contributed by atoms with Gasteiger partial charge in [0, 0.05) is 11.9 Å². The monoisotopic (exact) mass is 233 g/mol. The van der Waals surface area contributed by atoms with Gasteiger partial charge >= 0.3 is 17.1 Å². The van der Waals surface area contributed by atoms with Gasteiger partial charge in [-0.3, -0.25) is 0 Å². The fraction of sp³-hybridized carbons (Fsp3) is 0.750. The molecule has 0 saturated heterocycles. The van der Waals surface area contributed by atoms with E-state index in [-0.39, 0.29) is 28.9 Å². The van der Waals surface area contributed by atoms with E-state index in [1.54, 1.807) is 0 Å². The van der Waals surface area contributed by atoms with Crippen LogP contribution >= 0.6 is 0 Å². The van der Waals surface area contributed by atoms with Gasteiger partial charge in [0.1, 0.15) is 0 Å². The van der Waals surface area contributed by atoms with Crippen molar-refractivity contribution in [1.82, 2.24) is 0 Å². The summed E-state index contributed by atoms with van der Waals surface area (Å²) < 4.78 is 0. The van der Waals surface area contributed by atoms with E-state index < -0.39 is 11.9 Å². The Morgan fingerprint density at radius 3 is 1.08 bits per heavy atom. The Morgan fingerprint density at radius 2 is 1.08 bits per heavy atom. The summed E-state index contributed by atoms with van der Waals surface area (Å²) in [5, 5.41) is 19.3. The predicted octanol–water partition coefficient (Wildman–Crippen LogP) is -1.71. The number of carboxylic acids is 2. The maximum atomic E-state index is 9.65. The van der Waals surface area contributed by atoms with Gasteiger partial charge in [0.25, 0.3) is 0 Å².